The van der Waals surface area contributed by atoms with E-state index in [2.05, 4.69) is 15.6 Å². The van der Waals surface area contributed by atoms with Crippen LogP contribution in [0.25, 0.3) is 0 Å². The Morgan fingerprint density at radius 1 is 1.00 bits per heavy atom. The molecule has 9 heteroatoms. The van der Waals surface area contributed by atoms with Crippen molar-refractivity contribution in [1.82, 2.24) is 15.5 Å². The number of carbonyl (C=O) groups excluding carboxylic acids is 3. The van der Waals surface area contributed by atoms with E-state index < -0.39 is 29.8 Å². The fourth-order valence-electron chi connectivity index (χ4n) is 5.17. The molecule has 3 amide bonds. The standard InChI is InChI=1S/C31H40N4O4S/c1-21(33-30(38)39-31(2,3)4)19-32-25-20-40-18-17-24-15-16-26(35(24)29(25)37)28(36)34-27(22-11-7-5-8-12-22)23-13-9-6-10-14-23/h5-14,19,21,24-27H,15-18,20H2,1-4H3,(H,33,38)(H,34,36)/t21-,24+,25-,26-/m0/s1. The normalized spacial score (nSPS) is 22.4. The van der Waals surface area contributed by atoms with Crippen LogP contribution in [-0.4, -0.2) is 70.3 Å². The molecule has 2 aliphatic rings. The molecule has 2 aromatic rings. The zero-order valence-corrected chi connectivity index (χ0v) is 24.5. The number of benzene rings is 2. The van der Waals surface area contributed by atoms with Crippen LogP contribution in [0, 0.1) is 0 Å². The lowest BCUT2D eigenvalue weighted by Gasteiger charge is -2.34. The van der Waals surface area contributed by atoms with Crippen LogP contribution in [0.15, 0.2) is 65.7 Å². The summed E-state index contributed by atoms with van der Waals surface area (Å²) in [6, 6.07) is 17.9. The molecule has 2 N–H and O–H groups in total. The van der Waals surface area contributed by atoms with Gasteiger partial charge in [0.25, 0.3) is 0 Å². The third-order valence-corrected chi connectivity index (χ3v) is 8.08. The van der Waals surface area contributed by atoms with Crippen molar-refractivity contribution in [3.05, 3.63) is 71.8 Å². The van der Waals surface area contributed by atoms with E-state index in [4.69, 9.17) is 4.74 Å². The molecule has 2 aromatic carbocycles. The van der Waals surface area contributed by atoms with Gasteiger partial charge in [-0.2, -0.15) is 11.8 Å². The second kappa shape index (κ2) is 13.4. The lowest BCUT2D eigenvalue weighted by molar-refractivity contribution is -0.141. The van der Waals surface area contributed by atoms with E-state index in [1.54, 1.807) is 50.6 Å². The monoisotopic (exact) mass is 564 g/mol. The first-order valence-electron chi connectivity index (χ1n) is 14.0. The minimum atomic E-state index is -0.622. The summed E-state index contributed by atoms with van der Waals surface area (Å²) in [6.07, 6.45) is 3.33. The Balaban J connectivity index is 1.49. The van der Waals surface area contributed by atoms with Crippen molar-refractivity contribution in [2.75, 3.05) is 11.5 Å². The van der Waals surface area contributed by atoms with Crippen LogP contribution in [0.1, 0.15) is 64.1 Å². The van der Waals surface area contributed by atoms with E-state index in [1.165, 1.54) is 0 Å². The van der Waals surface area contributed by atoms with E-state index in [0.717, 1.165) is 29.7 Å². The molecule has 0 unspecified atom stereocenters. The summed E-state index contributed by atoms with van der Waals surface area (Å²) in [7, 11) is 0. The Kier molecular flexibility index (Phi) is 9.90. The third-order valence-electron chi connectivity index (χ3n) is 7.00. The molecule has 0 aliphatic carbocycles. The van der Waals surface area contributed by atoms with Gasteiger partial charge in [-0.15, -0.1) is 0 Å². The van der Waals surface area contributed by atoms with Crippen molar-refractivity contribution in [3.63, 3.8) is 0 Å². The third kappa shape index (κ3) is 7.87. The predicted molar refractivity (Wildman–Crippen MR) is 160 cm³/mol. The number of aliphatic imine (C=N–C) groups is 1. The maximum absolute atomic E-state index is 13.8. The van der Waals surface area contributed by atoms with E-state index in [9.17, 15) is 14.4 Å². The molecule has 4 rings (SSSR count). The number of nitrogens with zero attached hydrogens (tertiary/aromatic N) is 2. The summed E-state index contributed by atoms with van der Waals surface area (Å²) >= 11 is 1.70. The molecule has 40 heavy (non-hydrogen) atoms. The zero-order chi connectivity index (χ0) is 28.7. The molecule has 2 saturated heterocycles. The first-order valence-corrected chi connectivity index (χ1v) is 15.1. The van der Waals surface area contributed by atoms with E-state index in [0.29, 0.717) is 12.2 Å². The number of fused-ring (bicyclic) bond motifs is 1. The highest BCUT2D eigenvalue weighted by Gasteiger charge is 2.44. The van der Waals surface area contributed by atoms with Crippen molar-refractivity contribution in [2.24, 2.45) is 4.99 Å². The topological polar surface area (TPSA) is 100 Å². The molecule has 0 aromatic heterocycles. The maximum atomic E-state index is 13.8. The van der Waals surface area contributed by atoms with Gasteiger partial charge in [0.05, 0.1) is 12.1 Å². The quantitative estimate of drug-likeness (QED) is 0.473. The Hall–Kier alpha value is -3.33. The van der Waals surface area contributed by atoms with Gasteiger partial charge in [0, 0.05) is 18.0 Å². The summed E-state index contributed by atoms with van der Waals surface area (Å²) in [4.78, 5) is 46.1. The van der Waals surface area contributed by atoms with Crippen molar-refractivity contribution in [3.8, 4) is 0 Å². The summed E-state index contributed by atoms with van der Waals surface area (Å²) in [5, 5.41) is 5.99. The van der Waals surface area contributed by atoms with Crippen molar-refractivity contribution in [1.29, 1.82) is 0 Å². The number of ether oxygens (including phenoxy) is 1. The van der Waals surface area contributed by atoms with Crippen LogP contribution in [-0.2, 0) is 14.3 Å². The Morgan fingerprint density at radius 2 is 1.62 bits per heavy atom. The molecular weight excluding hydrogens is 524 g/mol. The molecular formula is C31H40N4O4S. The van der Waals surface area contributed by atoms with Crippen molar-refractivity contribution in [2.45, 2.75) is 82.8 Å². The van der Waals surface area contributed by atoms with E-state index in [-0.39, 0.29) is 23.9 Å². The molecule has 0 spiro atoms. The summed E-state index contributed by atoms with van der Waals surface area (Å²) in [5.74, 6) is 1.15. The van der Waals surface area contributed by atoms with Gasteiger partial charge in [0.15, 0.2) is 0 Å². The van der Waals surface area contributed by atoms with Crippen LogP contribution in [0.5, 0.6) is 0 Å². The fourth-order valence-corrected chi connectivity index (χ4v) is 6.23. The number of hydrogen-bond donors (Lipinski definition) is 2. The van der Waals surface area contributed by atoms with Gasteiger partial charge in [-0.25, -0.2) is 4.79 Å². The number of thioether (sulfide) groups is 1. The van der Waals surface area contributed by atoms with Gasteiger partial charge < -0.3 is 20.3 Å². The van der Waals surface area contributed by atoms with Gasteiger partial charge in [0.1, 0.15) is 17.7 Å². The highest BCUT2D eigenvalue weighted by Crippen LogP contribution is 2.32. The highest BCUT2D eigenvalue weighted by molar-refractivity contribution is 7.99. The Bertz CT molecular complexity index is 1150. The van der Waals surface area contributed by atoms with Gasteiger partial charge in [-0.3, -0.25) is 14.6 Å². The number of nitrogens with one attached hydrogen (secondary N) is 2. The van der Waals surface area contributed by atoms with Gasteiger partial charge in [-0.05, 0) is 63.8 Å². The second-order valence-electron chi connectivity index (χ2n) is 11.4. The van der Waals surface area contributed by atoms with Crippen molar-refractivity contribution < 1.29 is 19.1 Å². The maximum Gasteiger partial charge on any atom is 0.408 e. The highest BCUT2D eigenvalue weighted by atomic mass is 32.2. The van der Waals surface area contributed by atoms with Crippen molar-refractivity contribution >= 4 is 35.9 Å². The van der Waals surface area contributed by atoms with Gasteiger partial charge in [-0.1, -0.05) is 60.7 Å². The summed E-state index contributed by atoms with van der Waals surface area (Å²) < 4.78 is 5.32. The minimum Gasteiger partial charge on any atom is -0.444 e. The summed E-state index contributed by atoms with van der Waals surface area (Å²) in [5.41, 5.74) is 1.37. The number of amides is 3. The van der Waals surface area contributed by atoms with Crippen LogP contribution >= 0.6 is 11.8 Å². The number of rotatable bonds is 7. The number of carbonyl (C=O) groups is 3. The first-order chi connectivity index (χ1) is 19.1. The molecule has 2 fully saturated rings. The van der Waals surface area contributed by atoms with Gasteiger partial charge >= 0.3 is 6.09 Å². The Morgan fingerprint density at radius 3 is 2.23 bits per heavy atom. The molecule has 4 atom stereocenters. The van der Waals surface area contributed by atoms with Crippen LogP contribution in [0.2, 0.25) is 0 Å². The van der Waals surface area contributed by atoms with E-state index in [1.807, 2.05) is 60.7 Å². The smallest absolute Gasteiger partial charge is 0.408 e. The molecule has 0 saturated carbocycles. The molecule has 0 radical (unpaired) electrons. The zero-order valence-electron chi connectivity index (χ0n) is 23.7. The predicted octanol–water partition coefficient (Wildman–Crippen LogP) is 4.74. The van der Waals surface area contributed by atoms with Crippen LogP contribution in [0.4, 0.5) is 4.79 Å². The fraction of sp³-hybridized carbons (Fsp3) is 0.484. The number of alkyl carbamates (subject to hydrolysis) is 1. The van der Waals surface area contributed by atoms with E-state index >= 15 is 0 Å². The van der Waals surface area contributed by atoms with Crippen LogP contribution < -0.4 is 10.6 Å². The SMILES string of the molecule is C[C@@H](C=N[C@H]1CSCC[C@H]2CC[C@@H](C(=O)NC(c3ccccc3)c3ccccc3)N2C1=O)NC(=O)OC(C)(C)C. The summed E-state index contributed by atoms with van der Waals surface area (Å²) in [6.45, 7) is 7.19. The van der Waals surface area contributed by atoms with Gasteiger partial charge in [0.2, 0.25) is 11.8 Å². The largest absolute Gasteiger partial charge is 0.444 e. The lowest BCUT2D eigenvalue weighted by atomic mass is 9.98. The first kappa shape index (κ1) is 29.6. The lowest BCUT2D eigenvalue weighted by Crippen LogP contribution is -2.53. The molecule has 0 bridgehead atoms. The average Bonchev–Trinajstić information content (AvgIpc) is 3.33. The Labute approximate surface area is 241 Å². The molecule has 2 heterocycles. The number of hydrogen-bond acceptors (Lipinski definition) is 6. The second-order valence-corrected chi connectivity index (χ2v) is 12.5. The minimum absolute atomic E-state index is 0.0120. The molecule has 8 nitrogen and oxygen atoms in total. The molecule has 2 aliphatic heterocycles. The molecule has 214 valence electrons. The van der Waals surface area contributed by atoms with Crippen LogP contribution in [0.3, 0.4) is 0 Å². The average molecular weight is 565 g/mol.